The number of nitrogens with zero attached hydrogens (tertiary/aromatic N) is 2. The number of H-pyrrole nitrogens is 1. The minimum absolute atomic E-state index is 0.0478. The van der Waals surface area contributed by atoms with Crippen LogP contribution in [0.3, 0.4) is 0 Å². The zero-order chi connectivity index (χ0) is 16.7. The van der Waals surface area contributed by atoms with Crippen LogP contribution in [0, 0.1) is 0 Å². The summed E-state index contributed by atoms with van der Waals surface area (Å²) in [6, 6.07) is 8.13. The molecule has 4 aromatic rings. The topological polar surface area (TPSA) is 53.6 Å². The van der Waals surface area contributed by atoms with E-state index >= 15 is 0 Å². The van der Waals surface area contributed by atoms with E-state index in [9.17, 15) is 8.78 Å². The summed E-state index contributed by atoms with van der Waals surface area (Å²) in [5.74, 6) is 0. The smallest absolute Gasteiger partial charge is 0.263 e. The molecule has 0 aliphatic heterocycles. The van der Waals surface area contributed by atoms with E-state index in [1.807, 2.05) is 6.07 Å². The highest BCUT2D eigenvalue weighted by atomic mass is 35.5. The van der Waals surface area contributed by atoms with Crippen molar-refractivity contribution in [3.05, 3.63) is 59.6 Å². The van der Waals surface area contributed by atoms with Crippen molar-refractivity contribution in [2.75, 3.05) is 5.32 Å². The second-order valence-corrected chi connectivity index (χ2v) is 5.65. The lowest BCUT2D eigenvalue weighted by molar-refractivity contribution is 0.151. The summed E-state index contributed by atoms with van der Waals surface area (Å²) >= 11 is 6.06. The van der Waals surface area contributed by atoms with Crippen molar-refractivity contribution < 1.29 is 8.78 Å². The molecule has 0 unspecified atom stereocenters. The number of hydrogen-bond donors (Lipinski definition) is 2. The number of rotatable bonds is 3. The SMILES string of the molecule is FC(F)c1ccc2c(Nc3cnc(Cl)c4[nH]ccc34)ccnc2c1. The van der Waals surface area contributed by atoms with Gasteiger partial charge in [-0.05, 0) is 18.2 Å². The molecule has 120 valence electrons. The first kappa shape index (κ1) is 14.8. The molecular weight excluding hydrogens is 334 g/mol. The largest absolute Gasteiger partial charge is 0.359 e. The zero-order valence-corrected chi connectivity index (χ0v) is 13.0. The highest BCUT2D eigenvalue weighted by molar-refractivity contribution is 6.34. The summed E-state index contributed by atoms with van der Waals surface area (Å²) in [5.41, 5.74) is 2.71. The van der Waals surface area contributed by atoms with Crippen molar-refractivity contribution in [2.45, 2.75) is 6.43 Å². The highest BCUT2D eigenvalue weighted by Gasteiger charge is 2.11. The predicted molar refractivity (Wildman–Crippen MR) is 91.1 cm³/mol. The molecule has 0 saturated heterocycles. The van der Waals surface area contributed by atoms with Crippen LogP contribution in [-0.4, -0.2) is 15.0 Å². The van der Waals surface area contributed by atoms with Gasteiger partial charge in [0.1, 0.15) is 0 Å². The third kappa shape index (κ3) is 2.45. The van der Waals surface area contributed by atoms with E-state index in [0.29, 0.717) is 10.7 Å². The van der Waals surface area contributed by atoms with Gasteiger partial charge >= 0.3 is 0 Å². The van der Waals surface area contributed by atoms with Crippen LogP contribution in [0.4, 0.5) is 20.2 Å². The lowest BCUT2D eigenvalue weighted by atomic mass is 10.1. The number of halogens is 3. The molecule has 0 bridgehead atoms. The molecule has 0 amide bonds. The fourth-order valence-electron chi connectivity index (χ4n) is 2.67. The van der Waals surface area contributed by atoms with E-state index in [4.69, 9.17) is 11.6 Å². The van der Waals surface area contributed by atoms with Crippen LogP contribution < -0.4 is 5.32 Å². The molecule has 0 radical (unpaired) electrons. The highest BCUT2D eigenvalue weighted by Crippen LogP contribution is 2.32. The number of pyridine rings is 2. The van der Waals surface area contributed by atoms with E-state index in [1.165, 1.54) is 12.1 Å². The van der Waals surface area contributed by atoms with E-state index in [0.717, 1.165) is 27.7 Å². The second kappa shape index (κ2) is 5.72. The molecule has 7 heteroatoms. The predicted octanol–water partition coefficient (Wildman–Crippen LogP) is 5.45. The molecule has 24 heavy (non-hydrogen) atoms. The number of aromatic nitrogens is 3. The molecular formula is C17H11ClF2N4. The first-order chi connectivity index (χ1) is 11.6. The average Bonchev–Trinajstić information content (AvgIpc) is 3.08. The molecule has 4 nitrogen and oxygen atoms in total. The van der Waals surface area contributed by atoms with Gasteiger partial charge in [0, 0.05) is 34.4 Å². The number of fused-ring (bicyclic) bond motifs is 2. The maximum absolute atomic E-state index is 12.9. The van der Waals surface area contributed by atoms with Gasteiger partial charge in [-0.3, -0.25) is 4.98 Å². The normalized spacial score (nSPS) is 11.5. The first-order valence-corrected chi connectivity index (χ1v) is 7.57. The van der Waals surface area contributed by atoms with Crippen molar-refractivity contribution in [1.29, 1.82) is 0 Å². The van der Waals surface area contributed by atoms with Gasteiger partial charge in [0.05, 0.1) is 22.9 Å². The Balaban J connectivity index is 1.82. The van der Waals surface area contributed by atoms with Crippen molar-refractivity contribution in [1.82, 2.24) is 15.0 Å². The van der Waals surface area contributed by atoms with Gasteiger partial charge in [0.25, 0.3) is 6.43 Å². The fraction of sp³-hybridized carbons (Fsp3) is 0.0588. The summed E-state index contributed by atoms with van der Waals surface area (Å²) in [6.07, 6.45) is 2.48. The van der Waals surface area contributed by atoms with Crippen LogP contribution in [0.1, 0.15) is 12.0 Å². The fourth-order valence-corrected chi connectivity index (χ4v) is 2.88. The Bertz CT molecular complexity index is 1050. The monoisotopic (exact) mass is 344 g/mol. The van der Waals surface area contributed by atoms with Crippen LogP contribution in [-0.2, 0) is 0 Å². The molecule has 3 aromatic heterocycles. The van der Waals surface area contributed by atoms with Crippen LogP contribution in [0.5, 0.6) is 0 Å². The Morgan fingerprint density at radius 1 is 1.04 bits per heavy atom. The lowest BCUT2D eigenvalue weighted by Crippen LogP contribution is -1.95. The van der Waals surface area contributed by atoms with Crippen molar-refractivity contribution in [2.24, 2.45) is 0 Å². The summed E-state index contributed by atoms with van der Waals surface area (Å²) in [6.45, 7) is 0. The molecule has 2 N–H and O–H groups in total. The minimum Gasteiger partial charge on any atom is -0.359 e. The first-order valence-electron chi connectivity index (χ1n) is 7.19. The van der Waals surface area contributed by atoms with Crippen LogP contribution in [0.25, 0.3) is 21.8 Å². The summed E-state index contributed by atoms with van der Waals surface area (Å²) in [5, 5.41) is 5.32. The Hall–Kier alpha value is -2.73. The number of benzene rings is 1. The molecule has 0 aliphatic rings. The molecule has 3 heterocycles. The Morgan fingerprint density at radius 2 is 1.92 bits per heavy atom. The van der Waals surface area contributed by atoms with Gasteiger partial charge < -0.3 is 10.3 Å². The molecule has 0 fully saturated rings. The molecule has 1 aromatic carbocycles. The number of anilines is 2. The van der Waals surface area contributed by atoms with E-state index in [-0.39, 0.29) is 5.56 Å². The third-order valence-corrected chi connectivity index (χ3v) is 4.13. The number of hydrogen-bond acceptors (Lipinski definition) is 3. The molecule has 0 aliphatic carbocycles. The number of aromatic amines is 1. The molecule has 4 rings (SSSR count). The van der Waals surface area contributed by atoms with Crippen molar-refractivity contribution >= 4 is 44.8 Å². The Morgan fingerprint density at radius 3 is 2.75 bits per heavy atom. The minimum atomic E-state index is -2.52. The van der Waals surface area contributed by atoms with Crippen LogP contribution in [0.15, 0.2) is 48.9 Å². The van der Waals surface area contributed by atoms with Gasteiger partial charge in [0.2, 0.25) is 0 Å². The standard InChI is InChI=1S/C17H11ClF2N4/c18-16-15-11(3-5-22-15)14(8-23-16)24-12-4-6-21-13-7-9(17(19)20)1-2-10(12)13/h1-8,17,22H,(H,21,24). The van der Waals surface area contributed by atoms with E-state index in [1.54, 1.807) is 30.7 Å². The quantitative estimate of drug-likeness (QED) is 0.486. The summed E-state index contributed by atoms with van der Waals surface area (Å²) in [7, 11) is 0. The average molecular weight is 345 g/mol. The summed E-state index contributed by atoms with van der Waals surface area (Å²) in [4.78, 5) is 11.4. The van der Waals surface area contributed by atoms with Crippen molar-refractivity contribution in [3.8, 4) is 0 Å². The second-order valence-electron chi connectivity index (χ2n) is 5.29. The molecule has 0 saturated carbocycles. The molecule has 0 spiro atoms. The van der Waals surface area contributed by atoms with E-state index in [2.05, 4.69) is 20.3 Å². The van der Waals surface area contributed by atoms with Gasteiger partial charge in [-0.25, -0.2) is 13.8 Å². The third-order valence-electron chi connectivity index (χ3n) is 3.84. The van der Waals surface area contributed by atoms with Gasteiger partial charge in [0.15, 0.2) is 5.15 Å². The number of alkyl halides is 2. The zero-order valence-electron chi connectivity index (χ0n) is 12.2. The van der Waals surface area contributed by atoms with Gasteiger partial charge in [-0.2, -0.15) is 0 Å². The van der Waals surface area contributed by atoms with Crippen LogP contribution in [0.2, 0.25) is 5.15 Å². The number of nitrogens with one attached hydrogen (secondary N) is 2. The summed E-state index contributed by atoms with van der Waals surface area (Å²) < 4.78 is 25.7. The maximum atomic E-state index is 12.9. The van der Waals surface area contributed by atoms with Crippen LogP contribution >= 0.6 is 11.6 Å². The lowest BCUT2D eigenvalue weighted by Gasteiger charge is -2.11. The molecule has 0 atom stereocenters. The van der Waals surface area contributed by atoms with E-state index < -0.39 is 6.43 Å². The Kier molecular flexibility index (Phi) is 3.54. The Labute approximate surface area is 140 Å². The van der Waals surface area contributed by atoms with Gasteiger partial charge in [-0.1, -0.05) is 23.7 Å². The maximum Gasteiger partial charge on any atom is 0.263 e. The van der Waals surface area contributed by atoms with Crippen molar-refractivity contribution in [3.63, 3.8) is 0 Å². The van der Waals surface area contributed by atoms with Gasteiger partial charge in [-0.15, -0.1) is 0 Å².